The van der Waals surface area contributed by atoms with Gasteiger partial charge in [0.2, 0.25) is 0 Å². The van der Waals surface area contributed by atoms with E-state index in [1.807, 2.05) is 12.3 Å². The van der Waals surface area contributed by atoms with Crippen LogP contribution in [0.2, 0.25) is 0 Å². The molecule has 0 spiro atoms. The second-order valence-corrected chi connectivity index (χ2v) is 5.08. The molecule has 19 heavy (non-hydrogen) atoms. The van der Waals surface area contributed by atoms with Crippen molar-refractivity contribution in [3.8, 4) is 0 Å². The first-order valence-corrected chi connectivity index (χ1v) is 7.05. The predicted octanol–water partition coefficient (Wildman–Crippen LogP) is 2.92. The summed E-state index contributed by atoms with van der Waals surface area (Å²) in [5, 5.41) is 4.88. The summed E-state index contributed by atoms with van der Waals surface area (Å²) in [5.74, 6) is 0.561. The van der Waals surface area contributed by atoms with Crippen molar-refractivity contribution in [1.29, 1.82) is 0 Å². The van der Waals surface area contributed by atoms with Crippen molar-refractivity contribution in [1.82, 2.24) is 10.3 Å². The molecule has 1 aliphatic rings. The molecular weight excluding hydrogens is 236 g/mol. The van der Waals surface area contributed by atoms with Crippen LogP contribution in [0.15, 0.2) is 36.5 Å². The molecule has 1 saturated heterocycles. The van der Waals surface area contributed by atoms with E-state index in [9.17, 15) is 0 Å². The molecule has 1 fully saturated rings. The van der Waals surface area contributed by atoms with Crippen LogP contribution in [0.1, 0.15) is 24.9 Å². The largest absolute Gasteiger partial charge is 0.381 e. The van der Waals surface area contributed by atoms with Crippen LogP contribution >= 0.6 is 0 Å². The van der Waals surface area contributed by atoms with Crippen molar-refractivity contribution >= 4 is 10.9 Å². The van der Waals surface area contributed by atoms with Crippen molar-refractivity contribution < 1.29 is 4.74 Å². The summed E-state index contributed by atoms with van der Waals surface area (Å²) >= 11 is 0. The molecule has 2 unspecified atom stereocenters. The molecule has 0 bridgehead atoms. The fourth-order valence-electron chi connectivity index (χ4n) is 2.96. The number of aromatic nitrogens is 1. The maximum Gasteiger partial charge on any atom is 0.0705 e. The third kappa shape index (κ3) is 2.48. The Kier molecular flexibility index (Phi) is 3.76. The number of benzene rings is 1. The highest BCUT2D eigenvalue weighted by molar-refractivity contribution is 5.82. The van der Waals surface area contributed by atoms with E-state index in [0.717, 1.165) is 31.7 Å². The van der Waals surface area contributed by atoms with Gasteiger partial charge in [0.05, 0.1) is 12.1 Å². The third-order valence-electron chi connectivity index (χ3n) is 3.87. The fraction of sp³-hybridized carbons (Fsp3) is 0.438. The average molecular weight is 256 g/mol. The second kappa shape index (κ2) is 5.68. The van der Waals surface area contributed by atoms with Gasteiger partial charge in [-0.15, -0.1) is 0 Å². The topological polar surface area (TPSA) is 34.2 Å². The molecule has 100 valence electrons. The Hall–Kier alpha value is -1.45. The molecule has 3 nitrogen and oxygen atoms in total. The van der Waals surface area contributed by atoms with E-state index in [4.69, 9.17) is 4.74 Å². The van der Waals surface area contributed by atoms with Gasteiger partial charge in [0.15, 0.2) is 0 Å². The smallest absolute Gasteiger partial charge is 0.0705 e. The van der Waals surface area contributed by atoms with Crippen LogP contribution in [-0.2, 0) is 4.74 Å². The number of pyridine rings is 1. The van der Waals surface area contributed by atoms with Crippen LogP contribution in [0.25, 0.3) is 10.9 Å². The van der Waals surface area contributed by atoms with Gasteiger partial charge in [0.1, 0.15) is 0 Å². The van der Waals surface area contributed by atoms with E-state index in [1.54, 1.807) is 0 Å². The second-order valence-electron chi connectivity index (χ2n) is 5.08. The normalized spacial score (nSPS) is 20.8. The first kappa shape index (κ1) is 12.6. The third-order valence-corrected chi connectivity index (χ3v) is 3.87. The molecule has 2 aromatic rings. The molecule has 0 amide bonds. The zero-order chi connectivity index (χ0) is 13.1. The van der Waals surface area contributed by atoms with Crippen LogP contribution < -0.4 is 5.32 Å². The molecule has 1 aromatic heterocycles. The van der Waals surface area contributed by atoms with E-state index in [-0.39, 0.29) is 0 Å². The van der Waals surface area contributed by atoms with Crippen molar-refractivity contribution in [2.45, 2.75) is 19.4 Å². The van der Waals surface area contributed by atoms with Gasteiger partial charge in [-0.05, 0) is 30.7 Å². The Morgan fingerprint density at radius 3 is 3.11 bits per heavy atom. The highest BCUT2D eigenvalue weighted by Crippen LogP contribution is 2.32. The summed E-state index contributed by atoms with van der Waals surface area (Å²) in [7, 11) is 0. The highest BCUT2D eigenvalue weighted by atomic mass is 16.5. The minimum Gasteiger partial charge on any atom is -0.381 e. The molecule has 0 radical (unpaired) electrons. The number of hydrogen-bond donors (Lipinski definition) is 1. The molecule has 1 aromatic carbocycles. The minimum absolute atomic E-state index is 0.361. The number of hydrogen-bond acceptors (Lipinski definition) is 3. The molecule has 3 rings (SSSR count). The van der Waals surface area contributed by atoms with Crippen LogP contribution in [0.3, 0.4) is 0 Å². The lowest BCUT2D eigenvalue weighted by atomic mass is 9.90. The van der Waals surface area contributed by atoms with Crippen LogP contribution in [0.4, 0.5) is 0 Å². The van der Waals surface area contributed by atoms with E-state index in [2.05, 4.69) is 41.5 Å². The maximum absolute atomic E-state index is 5.56. The van der Waals surface area contributed by atoms with E-state index in [0.29, 0.717) is 12.0 Å². The molecular formula is C16H20N2O. The van der Waals surface area contributed by atoms with Crippen LogP contribution in [-0.4, -0.2) is 24.7 Å². The van der Waals surface area contributed by atoms with Crippen LogP contribution in [0, 0.1) is 5.92 Å². The first-order chi connectivity index (χ1) is 9.40. The van der Waals surface area contributed by atoms with E-state index in [1.165, 1.54) is 10.9 Å². The summed E-state index contributed by atoms with van der Waals surface area (Å²) in [4.78, 5) is 4.45. The lowest BCUT2D eigenvalue weighted by molar-refractivity contribution is 0.177. The van der Waals surface area contributed by atoms with Crippen molar-refractivity contribution in [3.63, 3.8) is 0 Å². The van der Waals surface area contributed by atoms with Gasteiger partial charge >= 0.3 is 0 Å². The lowest BCUT2D eigenvalue weighted by Crippen LogP contribution is -2.28. The molecule has 2 atom stereocenters. The zero-order valence-corrected chi connectivity index (χ0v) is 11.3. The van der Waals surface area contributed by atoms with Gasteiger partial charge in [-0.25, -0.2) is 0 Å². The zero-order valence-electron chi connectivity index (χ0n) is 11.3. The lowest BCUT2D eigenvalue weighted by Gasteiger charge is -2.25. The molecule has 3 heteroatoms. The summed E-state index contributed by atoms with van der Waals surface area (Å²) in [6, 6.07) is 10.9. The van der Waals surface area contributed by atoms with Crippen molar-refractivity contribution in [3.05, 3.63) is 42.1 Å². The van der Waals surface area contributed by atoms with Gasteiger partial charge < -0.3 is 10.1 Å². The monoisotopic (exact) mass is 256 g/mol. The Bertz CT molecular complexity index is 544. The average Bonchev–Trinajstić information content (AvgIpc) is 2.98. The summed E-state index contributed by atoms with van der Waals surface area (Å²) in [6.45, 7) is 4.87. The van der Waals surface area contributed by atoms with Gasteiger partial charge in [-0.2, -0.15) is 0 Å². The van der Waals surface area contributed by atoms with Gasteiger partial charge in [0, 0.05) is 30.1 Å². The first-order valence-electron chi connectivity index (χ1n) is 7.05. The molecule has 1 N–H and O–H groups in total. The molecule has 2 heterocycles. The van der Waals surface area contributed by atoms with Crippen LogP contribution in [0.5, 0.6) is 0 Å². The molecule has 1 aliphatic heterocycles. The summed E-state index contributed by atoms with van der Waals surface area (Å²) in [6.07, 6.45) is 2.99. The van der Waals surface area contributed by atoms with E-state index >= 15 is 0 Å². The Morgan fingerprint density at radius 2 is 2.32 bits per heavy atom. The standard InChI is InChI=1S/C16H20N2O/c1-2-17-16(12-8-10-19-11-12)14-5-3-7-15-13(14)6-4-9-18-15/h3-7,9,12,16-17H,2,8,10-11H2,1H3. The van der Waals surface area contributed by atoms with Crippen molar-refractivity contribution in [2.24, 2.45) is 5.92 Å². The number of nitrogens with one attached hydrogen (secondary N) is 1. The number of fused-ring (bicyclic) bond motifs is 1. The number of rotatable bonds is 4. The highest BCUT2D eigenvalue weighted by Gasteiger charge is 2.27. The summed E-state index contributed by atoms with van der Waals surface area (Å²) < 4.78 is 5.56. The fourth-order valence-corrected chi connectivity index (χ4v) is 2.96. The summed E-state index contributed by atoms with van der Waals surface area (Å²) in [5.41, 5.74) is 2.42. The maximum atomic E-state index is 5.56. The minimum atomic E-state index is 0.361. The number of nitrogens with zero attached hydrogens (tertiary/aromatic N) is 1. The predicted molar refractivity (Wildman–Crippen MR) is 77.1 cm³/mol. The van der Waals surface area contributed by atoms with Gasteiger partial charge in [-0.3, -0.25) is 4.98 Å². The number of ether oxygens (including phenoxy) is 1. The SMILES string of the molecule is CCNC(c1cccc2ncccc12)C1CCOC1. The Labute approximate surface area is 114 Å². The van der Waals surface area contributed by atoms with E-state index < -0.39 is 0 Å². The van der Waals surface area contributed by atoms with Crippen molar-refractivity contribution in [2.75, 3.05) is 19.8 Å². The van der Waals surface area contributed by atoms with Gasteiger partial charge in [0.25, 0.3) is 0 Å². The van der Waals surface area contributed by atoms with Gasteiger partial charge in [-0.1, -0.05) is 25.1 Å². The molecule has 0 saturated carbocycles. The Morgan fingerprint density at radius 1 is 1.37 bits per heavy atom. The Balaban J connectivity index is 2.03. The quantitative estimate of drug-likeness (QED) is 0.913. The molecule has 0 aliphatic carbocycles.